The van der Waals surface area contributed by atoms with Gasteiger partial charge in [-0.15, -0.1) is 0 Å². The monoisotopic (exact) mass is 274 g/mol. The quantitative estimate of drug-likeness (QED) is 0.603. The van der Waals surface area contributed by atoms with Crippen LogP contribution in [0.4, 0.5) is 0 Å². The summed E-state index contributed by atoms with van der Waals surface area (Å²) in [7, 11) is 0. The molecule has 0 nitrogen and oxygen atoms in total. The number of rotatable bonds is 1. The summed E-state index contributed by atoms with van der Waals surface area (Å²) in [6.07, 6.45) is 0. The molecule has 0 N–H and O–H groups in total. The normalized spacial score (nSPS) is 18.1. The van der Waals surface area contributed by atoms with Crippen molar-refractivity contribution >= 4 is 0 Å². The largest absolute Gasteiger partial charge is 0.0632 e. The van der Waals surface area contributed by atoms with Crippen molar-refractivity contribution in [3.8, 4) is 11.1 Å². The third kappa shape index (κ3) is 3.30. The van der Waals surface area contributed by atoms with Crippen molar-refractivity contribution in [1.29, 1.82) is 0 Å². The molecule has 0 radical (unpaired) electrons. The molecule has 0 unspecified atom stereocenters. The van der Waals surface area contributed by atoms with Crippen LogP contribution >= 0.6 is 0 Å². The summed E-state index contributed by atoms with van der Waals surface area (Å²) in [4.78, 5) is 0. The molecule has 2 aromatic rings. The maximum absolute atomic E-state index is 8.73. The van der Waals surface area contributed by atoms with E-state index in [-0.39, 0.29) is 29.3 Å². The lowest BCUT2D eigenvalue weighted by Gasteiger charge is -2.26. The molecule has 0 saturated carbocycles. The fraction of sp³-hybridized carbons (Fsp3) is 0.400. The van der Waals surface area contributed by atoms with E-state index in [2.05, 4.69) is 0 Å². The highest BCUT2D eigenvalue weighted by Gasteiger charge is 2.20. The van der Waals surface area contributed by atoms with Crippen LogP contribution in [-0.2, 0) is 10.8 Å². The molecule has 0 aromatic heterocycles. The van der Waals surface area contributed by atoms with Gasteiger partial charge in [0.2, 0.25) is 0 Å². The summed E-state index contributed by atoms with van der Waals surface area (Å²) in [6.45, 7) is 11.2. The molecule has 0 aliphatic carbocycles. The Morgan fingerprint density at radius 1 is 0.650 bits per heavy atom. The van der Waals surface area contributed by atoms with Gasteiger partial charge in [-0.3, -0.25) is 0 Å². The molecule has 0 spiro atoms. The first kappa shape index (κ1) is 7.45. The summed E-state index contributed by atoms with van der Waals surface area (Å²) < 4.78 is 66.4. The van der Waals surface area contributed by atoms with E-state index >= 15 is 0 Å². The van der Waals surface area contributed by atoms with Crippen LogP contribution in [0.15, 0.2) is 48.3 Å². The minimum atomic E-state index is -0.593. The van der Waals surface area contributed by atoms with Crippen LogP contribution in [-0.4, -0.2) is 0 Å². The average molecular weight is 274 g/mol. The van der Waals surface area contributed by atoms with Crippen molar-refractivity contribution < 1.29 is 11.0 Å². The van der Waals surface area contributed by atoms with E-state index in [4.69, 9.17) is 11.0 Å². The Morgan fingerprint density at radius 3 is 1.50 bits per heavy atom. The van der Waals surface area contributed by atoms with Crippen LogP contribution in [0.2, 0.25) is 0 Å². The molecule has 0 atom stereocenters. The zero-order valence-corrected chi connectivity index (χ0v) is 13.0. The molecular weight excluding hydrogens is 240 g/mol. The third-order valence-electron chi connectivity index (χ3n) is 3.00. The summed E-state index contributed by atoms with van der Waals surface area (Å²) in [5.74, 6) is 0. The maximum atomic E-state index is 8.73. The lowest BCUT2D eigenvalue weighted by atomic mass is 9.79. The van der Waals surface area contributed by atoms with Gasteiger partial charge in [0.25, 0.3) is 0 Å². The van der Waals surface area contributed by atoms with Crippen LogP contribution < -0.4 is 0 Å². The average Bonchev–Trinajstić information content (AvgIpc) is 2.51. The van der Waals surface area contributed by atoms with Crippen molar-refractivity contribution in [3.63, 3.8) is 0 Å². The highest BCUT2D eigenvalue weighted by atomic mass is 14.2. The van der Waals surface area contributed by atoms with Crippen molar-refractivity contribution in [1.82, 2.24) is 0 Å². The standard InChI is InChI=1S/C20H26/c1-19(2,3)17-12-16(15-10-8-7-9-11-15)13-18(14-17)20(4,5)6/h7-14H,1-6H3/i7D,8D,9D,10D,11D,12D,13D,14D. The molecule has 0 bridgehead atoms. The van der Waals surface area contributed by atoms with Crippen LogP contribution in [0.25, 0.3) is 11.1 Å². The summed E-state index contributed by atoms with van der Waals surface area (Å²) in [6, 6.07) is -2.55. The van der Waals surface area contributed by atoms with E-state index in [9.17, 15) is 0 Å². The zero-order chi connectivity index (χ0) is 21.9. The summed E-state index contributed by atoms with van der Waals surface area (Å²) >= 11 is 0. The number of benzene rings is 2. The first-order valence-electron chi connectivity index (χ1n) is 10.8. The smallest absolute Gasteiger partial charge is 0.0622 e. The van der Waals surface area contributed by atoms with Gasteiger partial charge >= 0.3 is 0 Å². The van der Waals surface area contributed by atoms with Gasteiger partial charge in [0, 0.05) is 0 Å². The molecule has 0 heteroatoms. The van der Waals surface area contributed by atoms with E-state index < -0.39 is 41.0 Å². The predicted molar refractivity (Wildman–Crippen MR) is 89.3 cm³/mol. The Bertz CT molecular complexity index is 892. The van der Waals surface area contributed by atoms with Gasteiger partial charge in [-0.25, -0.2) is 0 Å². The molecule has 0 heterocycles. The first-order chi connectivity index (χ1) is 12.5. The minimum absolute atomic E-state index is 0.0112. The van der Waals surface area contributed by atoms with Gasteiger partial charge in [-0.1, -0.05) is 89.9 Å². The minimum Gasteiger partial charge on any atom is -0.0622 e. The molecule has 106 valence electrons. The fourth-order valence-electron chi connectivity index (χ4n) is 1.72. The fourth-order valence-corrected chi connectivity index (χ4v) is 1.72. The van der Waals surface area contributed by atoms with E-state index in [0.717, 1.165) is 0 Å². The highest BCUT2D eigenvalue weighted by molar-refractivity contribution is 5.66. The van der Waals surface area contributed by atoms with Crippen LogP contribution in [0.5, 0.6) is 0 Å². The molecular formula is C20H26. The van der Waals surface area contributed by atoms with Crippen molar-refractivity contribution in [2.24, 2.45) is 0 Å². The topological polar surface area (TPSA) is 0 Å². The molecule has 2 rings (SSSR count). The molecule has 0 amide bonds. The van der Waals surface area contributed by atoms with Crippen LogP contribution in [0.3, 0.4) is 0 Å². The third-order valence-corrected chi connectivity index (χ3v) is 3.00. The van der Waals surface area contributed by atoms with Gasteiger partial charge in [0.1, 0.15) is 0 Å². The second-order valence-corrected chi connectivity index (χ2v) is 7.00. The Balaban J connectivity index is 3.20. The molecule has 2 aromatic carbocycles. The van der Waals surface area contributed by atoms with Crippen molar-refractivity contribution in [2.75, 3.05) is 0 Å². The Labute approximate surface area is 135 Å². The Morgan fingerprint density at radius 2 is 1.10 bits per heavy atom. The van der Waals surface area contributed by atoms with E-state index in [1.807, 2.05) is 41.5 Å². The Kier molecular flexibility index (Phi) is 1.89. The molecule has 0 fully saturated rings. The molecule has 20 heavy (non-hydrogen) atoms. The predicted octanol–water partition coefficient (Wildman–Crippen LogP) is 5.95. The maximum Gasteiger partial charge on any atom is 0.0632 e. The molecule has 0 saturated heterocycles. The van der Waals surface area contributed by atoms with Gasteiger partial charge in [0.05, 0.1) is 11.0 Å². The molecule has 0 aliphatic rings. The van der Waals surface area contributed by atoms with Gasteiger partial charge < -0.3 is 0 Å². The SMILES string of the molecule is [2H]c1c([2H])c([2H])c(-c2c([2H])c(C(C)(C)C)c([2H])c(C(C)(C)C)c2[2H])c([2H])c1[2H]. The van der Waals surface area contributed by atoms with Crippen molar-refractivity contribution in [3.05, 3.63) is 59.5 Å². The van der Waals surface area contributed by atoms with Crippen LogP contribution in [0, 0.1) is 0 Å². The number of hydrogen-bond donors (Lipinski definition) is 0. The van der Waals surface area contributed by atoms with Gasteiger partial charge in [-0.05, 0) is 33.1 Å². The molecule has 0 aliphatic heterocycles. The lowest BCUT2D eigenvalue weighted by Crippen LogP contribution is -2.16. The zero-order valence-electron chi connectivity index (χ0n) is 21.0. The van der Waals surface area contributed by atoms with Crippen LogP contribution in [0.1, 0.15) is 63.6 Å². The van der Waals surface area contributed by atoms with E-state index in [0.29, 0.717) is 11.1 Å². The highest BCUT2D eigenvalue weighted by Crippen LogP contribution is 2.33. The van der Waals surface area contributed by atoms with Gasteiger partial charge in [-0.2, -0.15) is 0 Å². The number of hydrogen-bond acceptors (Lipinski definition) is 0. The van der Waals surface area contributed by atoms with Crippen molar-refractivity contribution in [2.45, 2.75) is 52.4 Å². The lowest BCUT2D eigenvalue weighted by molar-refractivity contribution is 0.569. The second-order valence-electron chi connectivity index (χ2n) is 7.00. The second kappa shape index (κ2) is 5.09. The van der Waals surface area contributed by atoms with E-state index in [1.165, 1.54) is 0 Å². The van der Waals surface area contributed by atoms with Gasteiger partial charge in [0.15, 0.2) is 0 Å². The summed E-state index contributed by atoms with van der Waals surface area (Å²) in [5.41, 5.74) is -0.557. The van der Waals surface area contributed by atoms with E-state index in [1.54, 1.807) is 0 Å². The Hall–Kier alpha value is -1.56. The first-order valence-corrected chi connectivity index (χ1v) is 6.75. The summed E-state index contributed by atoms with van der Waals surface area (Å²) in [5, 5.41) is 0.